The summed E-state index contributed by atoms with van der Waals surface area (Å²) in [5, 5.41) is 18.6. The van der Waals surface area contributed by atoms with Crippen LogP contribution in [0, 0.1) is 0 Å². The summed E-state index contributed by atoms with van der Waals surface area (Å²) < 4.78 is 23.0. The number of aliphatic hydroxyl groups is 1. The fourth-order valence-corrected chi connectivity index (χ4v) is 3.27. The first-order chi connectivity index (χ1) is 12.3. The van der Waals surface area contributed by atoms with Crippen LogP contribution in [0.4, 0.5) is 0 Å². The lowest BCUT2D eigenvalue weighted by atomic mass is 9.99. The highest BCUT2D eigenvalue weighted by Gasteiger charge is 2.10. The summed E-state index contributed by atoms with van der Waals surface area (Å²) in [6, 6.07) is 14.1. The van der Waals surface area contributed by atoms with Crippen molar-refractivity contribution in [3.05, 3.63) is 54.1 Å². The van der Waals surface area contributed by atoms with Gasteiger partial charge >= 0.3 is 0 Å². The summed E-state index contributed by atoms with van der Waals surface area (Å²) in [6.07, 6.45) is 2.58. The third kappa shape index (κ3) is 5.66. The molecule has 26 heavy (non-hydrogen) atoms. The molecule has 0 heterocycles. The highest BCUT2D eigenvalue weighted by atomic mass is 32.2. The largest absolute Gasteiger partial charge is 0.388 e. The molecule has 1 atom stereocenters. The number of amides is 1. The van der Waals surface area contributed by atoms with Crippen LogP contribution < -0.4 is 5.48 Å². The van der Waals surface area contributed by atoms with Crippen molar-refractivity contribution >= 4 is 15.7 Å². The number of benzene rings is 2. The number of rotatable bonds is 8. The molecule has 140 valence electrons. The van der Waals surface area contributed by atoms with E-state index in [-0.39, 0.29) is 11.3 Å². The van der Waals surface area contributed by atoms with E-state index in [4.69, 9.17) is 5.21 Å². The number of hydrogen-bond donors (Lipinski definition) is 3. The van der Waals surface area contributed by atoms with Crippen molar-refractivity contribution < 1.29 is 23.5 Å². The number of unbranched alkanes of at least 4 members (excludes halogenated alkanes) is 1. The predicted octanol–water partition coefficient (Wildman–Crippen LogP) is 2.86. The molecule has 0 aliphatic rings. The van der Waals surface area contributed by atoms with Gasteiger partial charge in [0.15, 0.2) is 9.84 Å². The van der Waals surface area contributed by atoms with E-state index in [0.29, 0.717) is 19.3 Å². The topological polar surface area (TPSA) is 104 Å². The first-order valence-corrected chi connectivity index (χ1v) is 10.2. The van der Waals surface area contributed by atoms with Crippen LogP contribution in [-0.4, -0.2) is 30.9 Å². The molecular formula is C19H23NO5S. The SMILES string of the molecule is CS(=O)(=O)c1ccc(-c2ccc(C(O)CCCCC(=O)NO)cc2)cc1. The van der Waals surface area contributed by atoms with Crippen LogP contribution in [0.15, 0.2) is 53.4 Å². The molecule has 0 aliphatic heterocycles. The second-order valence-electron chi connectivity index (χ2n) is 6.22. The molecule has 0 fully saturated rings. The molecule has 1 unspecified atom stereocenters. The van der Waals surface area contributed by atoms with Gasteiger partial charge in [0.25, 0.3) is 0 Å². The van der Waals surface area contributed by atoms with E-state index in [1.807, 2.05) is 24.3 Å². The van der Waals surface area contributed by atoms with Crippen LogP contribution in [-0.2, 0) is 14.6 Å². The van der Waals surface area contributed by atoms with E-state index >= 15 is 0 Å². The molecule has 0 radical (unpaired) electrons. The molecule has 1 amide bonds. The number of aliphatic hydroxyl groups excluding tert-OH is 1. The molecule has 6 nitrogen and oxygen atoms in total. The van der Waals surface area contributed by atoms with Crippen LogP contribution in [0.25, 0.3) is 11.1 Å². The molecule has 0 spiro atoms. The maximum atomic E-state index is 11.5. The Morgan fingerprint density at radius 2 is 1.54 bits per heavy atom. The Morgan fingerprint density at radius 1 is 1.00 bits per heavy atom. The normalized spacial score (nSPS) is 12.6. The Balaban J connectivity index is 1.96. The van der Waals surface area contributed by atoms with E-state index in [1.54, 1.807) is 29.7 Å². The van der Waals surface area contributed by atoms with Crippen molar-refractivity contribution in [1.82, 2.24) is 5.48 Å². The summed E-state index contributed by atoms with van der Waals surface area (Å²) in [4.78, 5) is 11.2. The van der Waals surface area contributed by atoms with E-state index < -0.39 is 21.8 Å². The number of hydrogen-bond acceptors (Lipinski definition) is 5. The van der Waals surface area contributed by atoms with Crippen molar-refractivity contribution in [3.63, 3.8) is 0 Å². The van der Waals surface area contributed by atoms with Gasteiger partial charge in [-0.15, -0.1) is 0 Å². The molecule has 3 N–H and O–H groups in total. The molecule has 0 saturated carbocycles. The van der Waals surface area contributed by atoms with Gasteiger partial charge in [0, 0.05) is 12.7 Å². The molecule has 0 bridgehead atoms. The van der Waals surface area contributed by atoms with Crippen LogP contribution in [0.5, 0.6) is 0 Å². The molecule has 0 aromatic heterocycles. The fourth-order valence-electron chi connectivity index (χ4n) is 2.64. The van der Waals surface area contributed by atoms with Crippen molar-refractivity contribution in [2.75, 3.05) is 6.26 Å². The van der Waals surface area contributed by atoms with Gasteiger partial charge in [-0.2, -0.15) is 0 Å². The lowest BCUT2D eigenvalue weighted by molar-refractivity contribution is -0.129. The van der Waals surface area contributed by atoms with Crippen LogP contribution in [0.3, 0.4) is 0 Å². The Morgan fingerprint density at radius 3 is 2.04 bits per heavy atom. The van der Waals surface area contributed by atoms with E-state index in [9.17, 15) is 18.3 Å². The van der Waals surface area contributed by atoms with E-state index in [2.05, 4.69) is 0 Å². The zero-order valence-corrected chi connectivity index (χ0v) is 15.4. The van der Waals surface area contributed by atoms with Crippen molar-refractivity contribution in [2.24, 2.45) is 0 Å². The van der Waals surface area contributed by atoms with Gasteiger partial charge in [-0.25, -0.2) is 13.9 Å². The zero-order valence-electron chi connectivity index (χ0n) is 14.6. The van der Waals surface area contributed by atoms with Gasteiger partial charge in [-0.1, -0.05) is 42.8 Å². The average Bonchev–Trinajstić information content (AvgIpc) is 2.64. The number of hydroxylamine groups is 1. The summed E-state index contributed by atoms with van der Waals surface area (Å²) in [5.74, 6) is -0.425. The molecule has 2 aromatic rings. The maximum absolute atomic E-state index is 11.5. The minimum atomic E-state index is -3.21. The Kier molecular flexibility index (Phi) is 6.90. The third-order valence-electron chi connectivity index (χ3n) is 4.17. The second kappa shape index (κ2) is 8.93. The minimum absolute atomic E-state index is 0.228. The van der Waals surface area contributed by atoms with E-state index in [1.165, 1.54) is 6.26 Å². The van der Waals surface area contributed by atoms with Gasteiger partial charge in [0.2, 0.25) is 5.91 Å². The summed E-state index contributed by atoms with van der Waals surface area (Å²) in [5.41, 5.74) is 4.20. The lowest BCUT2D eigenvalue weighted by Crippen LogP contribution is -2.17. The molecule has 0 aliphatic carbocycles. The first-order valence-electron chi connectivity index (χ1n) is 8.32. The standard InChI is InChI=1S/C19H23NO5S/c1-26(24,25)17-12-10-15(11-13-17)14-6-8-16(9-7-14)18(21)4-2-3-5-19(22)20-23/h6-13,18,21,23H,2-5H2,1H3,(H,20,22). The molecule has 7 heteroatoms. The van der Waals surface area contributed by atoms with Gasteiger partial charge < -0.3 is 5.11 Å². The summed E-state index contributed by atoms with van der Waals surface area (Å²) >= 11 is 0. The number of sulfone groups is 1. The van der Waals surface area contributed by atoms with Gasteiger partial charge in [0.05, 0.1) is 11.0 Å². The Bertz CT molecular complexity index is 829. The van der Waals surface area contributed by atoms with Crippen molar-refractivity contribution in [2.45, 2.75) is 36.7 Å². The highest BCUT2D eigenvalue weighted by molar-refractivity contribution is 7.90. The van der Waals surface area contributed by atoms with Crippen LogP contribution >= 0.6 is 0 Å². The molecule has 0 saturated heterocycles. The predicted molar refractivity (Wildman–Crippen MR) is 98.3 cm³/mol. The number of nitrogens with one attached hydrogen (secondary N) is 1. The van der Waals surface area contributed by atoms with Gasteiger partial charge in [0.1, 0.15) is 0 Å². The van der Waals surface area contributed by atoms with Crippen molar-refractivity contribution in [1.29, 1.82) is 0 Å². The Hall–Kier alpha value is -2.22. The average molecular weight is 377 g/mol. The lowest BCUT2D eigenvalue weighted by Gasteiger charge is -2.12. The quantitative estimate of drug-likeness (QED) is 0.373. The second-order valence-corrected chi connectivity index (χ2v) is 8.23. The monoisotopic (exact) mass is 377 g/mol. The molecule has 2 rings (SSSR count). The zero-order chi connectivity index (χ0) is 19.2. The third-order valence-corrected chi connectivity index (χ3v) is 5.30. The van der Waals surface area contributed by atoms with Crippen LogP contribution in [0.1, 0.15) is 37.4 Å². The number of carbonyl (C=O) groups is 1. The highest BCUT2D eigenvalue weighted by Crippen LogP contribution is 2.25. The Labute approximate surface area is 153 Å². The van der Waals surface area contributed by atoms with Gasteiger partial charge in [-0.05, 0) is 41.7 Å². The minimum Gasteiger partial charge on any atom is -0.388 e. The summed E-state index contributed by atoms with van der Waals surface area (Å²) in [6.45, 7) is 0. The summed E-state index contributed by atoms with van der Waals surface area (Å²) in [7, 11) is -3.21. The van der Waals surface area contributed by atoms with E-state index in [0.717, 1.165) is 16.7 Å². The molecule has 2 aromatic carbocycles. The smallest absolute Gasteiger partial charge is 0.243 e. The fraction of sp³-hybridized carbons (Fsp3) is 0.316. The molecular weight excluding hydrogens is 354 g/mol. The van der Waals surface area contributed by atoms with Crippen molar-refractivity contribution in [3.8, 4) is 11.1 Å². The van der Waals surface area contributed by atoms with Crippen LogP contribution in [0.2, 0.25) is 0 Å². The number of carbonyl (C=O) groups excluding carboxylic acids is 1. The first kappa shape index (κ1) is 20.1. The van der Waals surface area contributed by atoms with Gasteiger partial charge in [-0.3, -0.25) is 10.0 Å². The maximum Gasteiger partial charge on any atom is 0.243 e.